The van der Waals surface area contributed by atoms with Crippen LogP contribution in [0, 0.1) is 12.8 Å². The van der Waals surface area contributed by atoms with Gasteiger partial charge in [0.05, 0.1) is 11.6 Å². The average Bonchev–Trinajstić information content (AvgIpc) is 3.27. The lowest BCUT2D eigenvalue weighted by molar-refractivity contribution is -0.142. The fourth-order valence-corrected chi connectivity index (χ4v) is 4.35. The Bertz CT molecular complexity index is 870. The van der Waals surface area contributed by atoms with Gasteiger partial charge < -0.3 is 10.4 Å². The molecule has 1 amide bonds. The first-order valence-corrected chi connectivity index (χ1v) is 9.76. The number of carbonyl (C=O) groups is 2. The number of carbonyl (C=O) groups excluding carboxylic acids is 1. The maximum Gasteiger partial charge on any atom is 0.308 e. The van der Waals surface area contributed by atoms with Crippen LogP contribution in [-0.4, -0.2) is 32.8 Å². The van der Waals surface area contributed by atoms with Crippen LogP contribution in [0.15, 0.2) is 24.3 Å². The molecule has 0 unspecified atom stereocenters. The van der Waals surface area contributed by atoms with Gasteiger partial charge in [0.25, 0.3) is 5.91 Å². The molecule has 27 heavy (non-hydrogen) atoms. The van der Waals surface area contributed by atoms with Crippen molar-refractivity contribution in [1.29, 1.82) is 0 Å². The molecule has 6 nitrogen and oxygen atoms in total. The van der Waals surface area contributed by atoms with Crippen LogP contribution in [0.4, 0.5) is 0 Å². The number of nitrogens with zero attached hydrogens (tertiary/aromatic N) is 2. The molecule has 1 aromatic heterocycles. The predicted octanol–water partition coefficient (Wildman–Crippen LogP) is 3.04. The van der Waals surface area contributed by atoms with Crippen LogP contribution < -0.4 is 5.32 Å². The molecule has 2 aliphatic carbocycles. The minimum atomic E-state index is -0.829. The summed E-state index contributed by atoms with van der Waals surface area (Å²) in [7, 11) is 0. The first-order valence-electron chi connectivity index (χ1n) is 9.76. The summed E-state index contributed by atoms with van der Waals surface area (Å²) in [5.41, 5.74) is 4.72. The third-order valence-corrected chi connectivity index (χ3v) is 5.82. The van der Waals surface area contributed by atoms with E-state index >= 15 is 0 Å². The smallest absolute Gasteiger partial charge is 0.308 e. The zero-order valence-electron chi connectivity index (χ0n) is 15.6. The fourth-order valence-electron chi connectivity index (χ4n) is 4.35. The van der Waals surface area contributed by atoms with Gasteiger partial charge in [-0.3, -0.25) is 9.59 Å². The van der Waals surface area contributed by atoms with Crippen molar-refractivity contribution in [1.82, 2.24) is 15.1 Å². The van der Waals surface area contributed by atoms with Crippen LogP contribution in [-0.2, 0) is 17.6 Å². The number of nitrogens with one attached hydrogen (secondary N) is 1. The highest BCUT2D eigenvalue weighted by molar-refractivity contribution is 5.94. The molecule has 142 valence electrons. The Morgan fingerprint density at radius 2 is 1.85 bits per heavy atom. The highest BCUT2D eigenvalue weighted by Crippen LogP contribution is 2.29. The van der Waals surface area contributed by atoms with Gasteiger partial charge in [-0.25, -0.2) is 4.68 Å². The number of fused-ring (bicyclic) bond motifs is 1. The SMILES string of the molecule is Cc1ccc(-n2nc(C(=O)N[C@@H]3CCC[C@@H]3C(=O)O)c3c2CCCC3)cc1. The lowest BCUT2D eigenvalue weighted by Gasteiger charge is -2.18. The molecule has 4 rings (SSSR count). The lowest BCUT2D eigenvalue weighted by Crippen LogP contribution is -2.40. The molecule has 0 radical (unpaired) electrons. The fraction of sp³-hybridized carbons (Fsp3) is 0.476. The van der Waals surface area contributed by atoms with Gasteiger partial charge >= 0.3 is 5.97 Å². The Morgan fingerprint density at radius 1 is 1.11 bits per heavy atom. The molecule has 1 fully saturated rings. The van der Waals surface area contributed by atoms with Gasteiger partial charge in [0.15, 0.2) is 5.69 Å². The third kappa shape index (κ3) is 3.36. The van der Waals surface area contributed by atoms with E-state index in [1.54, 1.807) is 0 Å². The average molecular weight is 367 g/mol. The molecule has 1 heterocycles. The molecular weight excluding hydrogens is 342 g/mol. The van der Waals surface area contributed by atoms with Crippen LogP contribution in [0.25, 0.3) is 5.69 Å². The third-order valence-electron chi connectivity index (χ3n) is 5.82. The second-order valence-corrected chi connectivity index (χ2v) is 7.68. The summed E-state index contributed by atoms with van der Waals surface area (Å²) in [4.78, 5) is 24.4. The molecule has 0 spiro atoms. The summed E-state index contributed by atoms with van der Waals surface area (Å²) in [6.45, 7) is 2.04. The second-order valence-electron chi connectivity index (χ2n) is 7.68. The van der Waals surface area contributed by atoms with E-state index in [0.29, 0.717) is 18.5 Å². The van der Waals surface area contributed by atoms with Crippen molar-refractivity contribution in [2.24, 2.45) is 5.92 Å². The molecule has 2 aromatic rings. The largest absolute Gasteiger partial charge is 0.481 e. The molecule has 0 saturated heterocycles. The summed E-state index contributed by atoms with van der Waals surface area (Å²) in [5.74, 6) is -1.56. The molecule has 1 aromatic carbocycles. The van der Waals surface area contributed by atoms with Crippen LogP contribution in [0.2, 0.25) is 0 Å². The van der Waals surface area contributed by atoms with Crippen molar-refractivity contribution in [3.8, 4) is 5.69 Å². The molecule has 2 aliphatic rings. The molecule has 6 heteroatoms. The van der Waals surface area contributed by atoms with Crippen LogP contribution >= 0.6 is 0 Å². The molecule has 0 aliphatic heterocycles. The van der Waals surface area contributed by atoms with Gasteiger partial charge in [0, 0.05) is 17.3 Å². The van der Waals surface area contributed by atoms with Crippen molar-refractivity contribution in [2.75, 3.05) is 0 Å². The molecule has 1 saturated carbocycles. The topological polar surface area (TPSA) is 84.2 Å². The number of hydrogen-bond acceptors (Lipinski definition) is 3. The first-order chi connectivity index (χ1) is 13.0. The predicted molar refractivity (Wildman–Crippen MR) is 101 cm³/mol. The van der Waals surface area contributed by atoms with Gasteiger partial charge in [-0.1, -0.05) is 24.1 Å². The first kappa shape index (κ1) is 17.8. The summed E-state index contributed by atoms with van der Waals surface area (Å²) in [5, 5.41) is 17.0. The summed E-state index contributed by atoms with van der Waals surface area (Å²) in [6, 6.07) is 7.83. The Kier molecular flexibility index (Phi) is 4.72. The van der Waals surface area contributed by atoms with E-state index < -0.39 is 11.9 Å². The van der Waals surface area contributed by atoms with E-state index in [0.717, 1.165) is 49.0 Å². The van der Waals surface area contributed by atoms with E-state index in [9.17, 15) is 14.7 Å². The summed E-state index contributed by atoms with van der Waals surface area (Å²) >= 11 is 0. The van der Waals surface area contributed by atoms with E-state index in [-0.39, 0.29) is 11.9 Å². The summed E-state index contributed by atoms with van der Waals surface area (Å²) in [6.07, 6.45) is 6.06. The normalized spacial score (nSPS) is 21.7. The molecular formula is C21H25N3O3. The highest BCUT2D eigenvalue weighted by atomic mass is 16.4. The standard InChI is InChI=1S/C21H25N3O3/c1-13-9-11-14(12-10-13)24-18-8-3-2-5-16(18)19(23-24)20(25)22-17-7-4-6-15(17)21(26)27/h9-12,15,17H,2-8H2,1H3,(H,22,25)(H,26,27)/t15-,17+/m0/s1. The molecule has 2 atom stereocenters. The Morgan fingerprint density at radius 3 is 2.59 bits per heavy atom. The monoisotopic (exact) mass is 367 g/mol. The van der Waals surface area contributed by atoms with Crippen molar-refractivity contribution in [3.63, 3.8) is 0 Å². The Hall–Kier alpha value is -2.63. The van der Waals surface area contributed by atoms with Gasteiger partial charge in [0.2, 0.25) is 0 Å². The number of hydrogen-bond donors (Lipinski definition) is 2. The number of benzene rings is 1. The molecule has 0 bridgehead atoms. The number of aliphatic carboxylic acids is 1. The second kappa shape index (κ2) is 7.18. The maximum absolute atomic E-state index is 13.0. The molecule has 2 N–H and O–H groups in total. The minimum absolute atomic E-state index is 0.239. The van der Waals surface area contributed by atoms with E-state index in [1.165, 1.54) is 5.56 Å². The Labute approximate surface area is 158 Å². The van der Waals surface area contributed by atoms with E-state index in [2.05, 4.69) is 10.4 Å². The maximum atomic E-state index is 13.0. The number of aromatic nitrogens is 2. The van der Waals surface area contributed by atoms with Crippen molar-refractivity contribution in [3.05, 3.63) is 46.8 Å². The zero-order chi connectivity index (χ0) is 19.0. The minimum Gasteiger partial charge on any atom is -0.481 e. The number of aryl methyl sites for hydroxylation is 1. The van der Waals surface area contributed by atoms with E-state index in [4.69, 9.17) is 0 Å². The highest BCUT2D eigenvalue weighted by Gasteiger charge is 2.35. The van der Waals surface area contributed by atoms with Crippen molar-refractivity contribution < 1.29 is 14.7 Å². The van der Waals surface area contributed by atoms with Gasteiger partial charge in [-0.15, -0.1) is 0 Å². The van der Waals surface area contributed by atoms with Gasteiger partial charge in [-0.2, -0.15) is 5.10 Å². The number of amides is 1. The van der Waals surface area contributed by atoms with Crippen LogP contribution in [0.3, 0.4) is 0 Å². The number of carboxylic acids is 1. The van der Waals surface area contributed by atoms with E-state index in [1.807, 2.05) is 35.9 Å². The number of rotatable bonds is 4. The lowest BCUT2D eigenvalue weighted by atomic mass is 9.95. The van der Waals surface area contributed by atoms with Gasteiger partial charge in [-0.05, 0) is 57.6 Å². The van der Waals surface area contributed by atoms with Crippen molar-refractivity contribution in [2.45, 2.75) is 57.9 Å². The Balaban J connectivity index is 1.65. The van der Waals surface area contributed by atoms with Crippen LogP contribution in [0.1, 0.15) is 59.4 Å². The summed E-state index contributed by atoms with van der Waals surface area (Å²) < 4.78 is 1.90. The van der Waals surface area contributed by atoms with Crippen molar-refractivity contribution >= 4 is 11.9 Å². The zero-order valence-corrected chi connectivity index (χ0v) is 15.6. The van der Waals surface area contributed by atoms with Crippen LogP contribution in [0.5, 0.6) is 0 Å². The quantitative estimate of drug-likeness (QED) is 0.870. The number of carboxylic acid groups (broad SMARTS) is 1. The van der Waals surface area contributed by atoms with Gasteiger partial charge in [0.1, 0.15) is 0 Å².